The predicted octanol–water partition coefficient (Wildman–Crippen LogP) is 3.24. The van der Waals surface area contributed by atoms with Gasteiger partial charge in [0.05, 0.1) is 11.9 Å². The topological polar surface area (TPSA) is 47.1 Å². The highest BCUT2D eigenvalue weighted by atomic mass is 15.3. The number of nitrogens with two attached hydrogens (primary N) is 1. The first kappa shape index (κ1) is 15.1. The Morgan fingerprint density at radius 3 is 2.55 bits per heavy atom. The first-order valence-corrected chi connectivity index (χ1v) is 8.15. The van der Waals surface area contributed by atoms with E-state index in [1.54, 1.807) is 0 Å². The van der Waals surface area contributed by atoms with Crippen LogP contribution in [-0.2, 0) is 6.54 Å². The molecule has 0 saturated carbocycles. The molecule has 0 spiro atoms. The Balaban J connectivity index is 1.81. The summed E-state index contributed by atoms with van der Waals surface area (Å²) in [5.74, 6) is 2.29. The van der Waals surface area contributed by atoms with Gasteiger partial charge in [0.15, 0.2) is 0 Å². The van der Waals surface area contributed by atoms with E-state index in [-0.39, 0.29) is 0 Å². The lowest BCUT2D eigenvalue weighted by Gasteiger charge is -2.34. The van der Waals surface area contributed by atoms with E-state index in [0.29, 0.717) is 0 Å². The van der Waals surface area contributed by atoms with Gasteiger partial charge in [-0.1, -0.05) is 32.0 Å². The first-order valence-electron chi connectivity index (χ1n) is 8.15. The highest BCUT2D eigenvalue weighted by Crippen LogP contribution is 2.25. The van der Waals surface area contributed by atoms with Crippen molar-refractivity contribution in [3.8, 4) is 5.69 Å². The summed E-state index contributed by atoms with van der Waals surface area (Å²) in [5, 5.41) is 4.52. The Bertz CT molecular complexity index is 636. The number of aryl methyl sites for hydroxylation is 1. The van der Waals surface area contributed by atoms with E-state index in [0.717, 1.165) is 48.5 Å². The Morgan fingerprint density at radius 2 is 1.86 bits per heavy atom. The van der Waals surface area contributed by atoms with Crippen molar-refractivity contribution in [3.05, 3.63) is 41.6 Å². The van der Waals surface area contributed by atoms with Crippen LogP contribution in [0.5, 0.6) is 0 Å². The maximum absolute atomic E-state index is 6.36. The van der Waals surface area contributed by atoms with Crippen LogP contribution in [0.15, 0.2) is 30.5 Å². The van der Waals surface area contributed by atoms with E-state index in [9.17, 15) is 0 Å². The molecule has 2 aromatic rings. The van der Waals surface area contributed by atoms with Gasteiger partial charge in [-0.25, -0.2) is 4.68 Å². The number of hydrogen-bond donors (Lipinski definition) is 1. The maximum Gasteiger partial charge on any atom is 0.131 e. The van der Waals surface area contributed by atoms with Crippen LogP contribution < -0.4 is 5.73 Å². The van der Waals surface area contributed by atoms with Gasteiger partial charge in [0, 0.05) is 25.2 Å². The van der Waals surface area contributed by atoms with Crippen molar-refractivity contribution in [1.82, 2.24) is 14.7 Å². The lowest BCUT2D eigenvalue weighted by molar-refractivity contribution is 0.134. The first-order chi connectivity index (χ1) is 10.5. The molecule has 0 aliphatic carbocycles. The highest BCUT2D eigenvalue weighted by Gasteiger charge is 2.23. The second-order valence-corrected chi connectivity index (χ2v) is 6.89. The third kappa shape index (κ3) is 3.02. The molecule has 2 heterocycles. The molecule has 1 fully saturated rings. The lowest BCUT2D eigenvalue weighted by Crippen LogP contribution is -2.38. The van der Waals surface area contributed by atoms with Gasteiger partial charge in [0.1, 0.15) is 5.82 Å². The number of aromatic nitrogens is 2. The molecule has 2 atom stereocenters. The molecular formula is C18H26N4. The summed E-state index contributed by atoms with van der Waals surface area (Å²) in [4.78, 5) is 2.51. The second kappa shape index (κ2) is 6.13. The Morgan fingerprint density at radius 1 is 1.18 bits per heavy atom. The van der Waals surface area contributed by atoms with Crippen molar-refractivity contribution < 1.29 is 0 Å². The minimum atomic E-state index is 0.761. The molecule has 3 rings (SSSR count). The minimum absolute atomic E-state index is 0.761. The average molecular weight is 298 g/mol. The number of benzene rings is 1. The Labute approximate surface area is 132 Å². The quantitative estimate of drug-likeness (QED) is 0.946. The van der Waals surface area contributed by atoms with Gasteiger partial charge in [-0.15, -0.1) is 0 Å². The summed E-state index contributed by atoms with van der Waals surface area (Å²) in [7, 11) is 0. The molecule has 1 aromatic carbocycles. The highest BCUT2D eigenvalue weighted by molar-refractivity contribution is 5.49. The molecule has 4 nitrogen and oxygen atoms in total. The van der Waals surface area contributed by atoms with Crippen molar-refractivity contribution in [2.45, 2.75) is 33.7 Å². The van der Waals surface area contributed by atoms with E-state index in [4.69, 9.17) is 5.73 Å². The van der Waals surface area contributed by atoms with Crippen molar-refractivity contribution in [2.75, 3.05) is 18.8 Å². The average Bonchev–Trinajstić information content (AvgIpc) is 2.80. The molecule has 0 bridgehead atoms. The van der Waals surface area contributed by atoms with E-state index in [1.165, 1.54) is 12.0 Å². The SMILES string of the molecule is Cc1ccccc1-n1ncc(CN2CC(C)CC(C)C2)c1N. The Kier molecular flexibility index (Phi) is 4.21. The summed E-state index contributed by atoms with van der Waals surface area (Å²) in [5.41, 5.74) is 9.74. The number of piperidine rings is 1. The predicted molar refractivity (Wildman–Crippen MR) is 90.9 cm³/mol. The molecule has 0 amide bonds. The minimum Gasteiger partial charge on any atom is -0.383 e. The van der Waals surface area contributed by atoms with Crippen LogP contribution >= 0.6 is 0 Å². The molecule has 1 aromatic heterocycles. The number of nitrogens with zero attached hydrogens (tertiary/aromatic N) is 3. The molecule has 2 N–H and O–H groups in total. The van der Waals surface area contributed by atoms with Crippen LogP contribution in [0.1, 0.15) is 31.4 Å². The smallest absolute Gasteiger partial charge is 0.131 e. The van der Waals surface area contributed by atoms with Crippen LogP contribution in [0, 0.1) is 18.8 Å². The van der Waals surface area contributed by atoms with E-state index in [1.807, 2.05) is 23.0 Å². The summed E-state index contributed by atoms with van der Waals surface area (Å²) in [6.07, 6.45) is 3.25. The molecule has 4 heteroatoms. The molecule has 1 aliphatic rings. The Hall–Kier alpha value is -1.81. The van der Waals surface area contributed by atoms with Crippen LogP contribution in [0.2, 0.25) is 0 Å². The number of anilines is 1. The van der Waals surface area contributed by atoms with Crippen molar-refractivity contribution in [3.63, 3.8) is 0 Å². The van der Waals surface area contributed by atoms with Gasteiger partial charge in [-0.2, -0.15) is 5.10 Å². The van der Waals surface area contributed by atoms with Crippen LogP contribution in [0.25, 0.3) is 5.69 Å². The van der Waals surface area contributed by atoms with Crippen molar-refractivity contribution in [2.24, 2.45) is 11.8 Å². The zero-order valence-corrected chi connectivity index (χ0v) is 13.8. The van der Waals surface area contributed by atoms with Gasteiger partial charge < -0.3 is 5.73 Å². The third-order valence-corrected chi connectivity index (χ3v) is 4.57. The van der Waals surface area contributed by atoms with Gasteiger partial charge in [0.2, 0.25) is 0 Å². The van der Waals surface area contributed by atoms with Crippen molar-refractivity contribution >= 4 is 5.82 Å². The summed E-state index contributed by atoms with van der Waals surface area (Å²) < 4.78 is 1.86. The van der Waals surface area contributed by atoms with Gasteiger partial charge in [0.25, 0.3) is 0 Å². The van der Waals surface area contributed by atoms with Gasteiger partial charge in [-0.05, 0) is 36.8 Å². The molecule has 2 unspecified atom stereocenters. The molecule has 22 heavy (non-hydrogen) atoms. The number of rotatable bonds is 3. The number of nitrogen functional groups attached to an aromatic ring is 1. The zero-order valence-electron chi connectivity index (χ0n) is 13.8. The third-order valence-electron chi connectivity index (χ3n) is 4.57. The standard InChI is InChI=1S/C18H26N4/c1-13-8-14(2)11-21(10-13)12-16-9-20-22(18(16)19)17-7-5-4-6-15(17)3/h4-7,9,13-14H,8,10-12,19H2,1-3H3. The molecule has 1 aliphatic heterocycles. The van der Waals surface area contributed by atoms with Crippen LogP contribution in [-0.4, -0.2) is 27.8 Å². The van der Waals surface area contributed by atoms with E-state index < -0.39 is 0 Å². The van der Waals surface area contributed by atoms with E-state index >= 15 is 0 Å². The second-order valence-electron chi connectivity index (χ2n) is 6.89. The van der Waals surface area contributed by atoms with Crippen LogP contribution in [0.4, 0.5) is 5.82 Å². The van der Waals surface area contributed by atoms with Gasteiger partial charge in [-0.3, -0.25) is 4.90 Å². The number of para-hydroxylation sites is 1. The maximum atomic E-state index is 6.36. The normalized spacial score (nSPS) is 22.9. The molecule has 0 radical (unpaired) electrons. The number of likely N-dealkylation sites (tertiary alicyclic amines) is 1. The fraction of sp³-hybridized carbons (Fsp3) is 0.500. The summed E-state index contributed by atoms with van der Waals surface area (Å²) in [6.45, 7) is 9.96. The van der Waals surface area contributed by atoms with E-state index in [2.05, 4.69) is 42.9 Å². The lowest BCUT2D eigenvalue weighted by atomic mass is 9.92. The zero-order chi connectivity index (χ0) is 15.7. The largest absolute Gasteiger partial charge is 0.383 e. The van der Waals surface area contributed by atoms with Gasteiger partial charge >= 0.3 is 0 Å². The van der Waals surface area contributed by atoms with Crippen LogP contribution in [0.3, 0.4) is 0 Å². The van der Waals surface area contributed by atoms with Crippen molar-refractivity contribution in [1.29, 1.82) is 0 Å². The fourth-order valence-corrected chi connectivity index (χ4v) is 3.67. The summed E-state index contributed by atoms with van der Waals surface area (Å²) in [6, 6.07) is 8.21. The molecular weight excluding hydrogens is 272 g/mol. The number of hydrogen-bond acceptors (Lipinski definition) is 3. The fourth-order valence-electron chi connectivity index (χ4n) is 3.67. The molecule has 118 valence electrons. The summed E-state index contributed by atoms with van der Waals surface area (Å²) >= 11 is 0. The monoisotopic (exact) mass is 298 g/mol. The molecule has 1 saturated heterocycles.